The molecule has 2 N–H and O–H groups in total. The molecule has 110 valence electrons. The fourth-order valence-corrected chi connectivity index (χ4v) is 3.75. The van der Waals surface area contributed by atoms with Crippen molar-refractivity contribution in [1.29, 1.82) is 0 Å². The Bertz CT molecular complexity index is 414. The van der Waals surface area contributed by atoms with Crippen molar-refractivity contribution in [2.75, 3.05) is 26.2 Å². The van der Waals surface area contributed by atoms with Crippen LogP contribution in [0.25, 0.3) is 0 Å². The molecule has 20 heavy (non-hydrogen) atoms. The highest BCUT2D eigenvalue weighted by atomic mass is 16.3. The van der Waals surface area contributed by atoms with Crippen molar-refractivity contribution >= 4 is 0 Å². The first-order chi connectivity index (χ1) is 9.73. The molecule has 2 saturated heterocycles. The van der Waals surface area contributed by atoms with Gasteiger partial charge in [-0.25, -0.2) is 0 Å². The van der Waals surface area contributed by atoms with Crippen molar-refractivity contribution in [1.82, 2.24) is 10.2 Å². The maximum atomic E-state index is 10.5. The van der Waals surface area contributed by atoms with Crippen LogP contribution in [0.15, 0.2) is 30.3 Å². The first-order valence-electron chi connectivity index (χ1n) is 7.93. The SMILES string of the molecule is OC1(CC2CCCN(Cc3ccccc3)C2)CCNC1. The monoisotopic (exact) mass is 274 g/mol. The molecular formula is C17H26N2O. The highest BCUT2D eigenvalue weighted by molar-refractivity contribution is 5.14. The Kier molecular flexibility index (Phi) is 4.39. The van der Waals surface area contributed by atoms with Crippen LogP contribution in [0.5, 0.6) is 0 Å². The molecule has 0 amide bonds. The maximum Gasteiger partial charge on any atom is 0.0786 e. The smallest absolute Gasteiger partial charge is 0.0786 e. The van der Waals surface area contributed by atoms with Crippen LogP contribution < -0.4 is 5.32 Å². The molecule has 0 aliphatic carbocycles. The van der Waals surface area contributed by atoms with Gasteiger partial charge in [-0.05, 0) is 50.3 Å². The zero-order valence-corrected chi connectivity index (χ0v) is 12.2. The quantitative estimate of drug-likeness (QED) is 0.881. The van der Waals surface area contributed by atoms with Gasteiger partial charge in [0.25, 0.3) is 0 Å². The number of nitrogens with one attached hydrogen (secondary N) is 1. The van der Waals surface area contributed by atoms with E-state index in [2.05, 4.69) is 40.5 Å². The largest absolute Gasteiger partial charge is 0.389 e. The zero-order valence-electron chi connectivity index (χ0n) is 12.2. The number of piperidine rings is 1. The topological polar surface area (TPSA) is 35.5 Å². The van der Waals surface area contributed by atoms with Gasteiger partial charge in [0.1, 0.15) is 0 Å². The third kappa shape index (κ3) is 3.60. The highest BCUT2D eigenvalue weighted by Gasteiger charge is 2.35. The molecule has 0 radical (unpaired) electrons. The van der Waals surface area contributed by atoms with E-state index in [1.54, 1.807) is 0 Å². The molecule has 0 spiro atoms. The standard InChI is InChI=1S/C17H26N2O/c20-17(8-9-18-14-17)11-16-7-4-10-19(13-16)12-15-5-2-1-3-6-15/h1-3,5-6,16,18,20H,4,7-14H2. The molecule has 3 nitrogen and oxygen atoms in total. The van der Waals surface area contributed by atoms with Gasteiger partial charge in [0.05, 0.1) is 5.60 Å². The summed E-state index contributed by atoms with van der Waals surface area (Å²) < 4.78 is 0. The Hall–Kier alpha value is -0.900. The average Bonchev–Trinajstić information content (AvgIpc) is 2.87. The van der Waals surface area contributed by atoms with E-state index in [0.717, 1.165) is 39.0 Å². The first kappa shape index (κ1) is 14.1. The fraction of sp³-hybridized carbons (Fsp3) is 0.647. The van der Waals surface area contributed by atoms with Gasteiger partial charge in [-0.2, -0.15) is 0 Å². The lowest BCUT2D eigenvalue weighted by Gasteiger charge is -2.36. The molecule has 2 aliphatic heterocycles. The van der Waals surface area contributed by atoms with Gasteiger partial charge in [0.15, 0.2) is 0 Å². The lowest BCUT2D eigenvalue weighted by Crippen LogP contribution is -2.41. The molecule has 2 unspecified atom stereocenters. The van der Waals surface area contributed by atoms with Gasteiger partial charge in [-0.15, -0.1) is 0 Å². The number of hydrogen-bond donors (Lipinski definition) is 2. The second kappa shape index (κ2) is 6.25. The molecule has 0 aromatic heterocycles. The van der Waals surface area contributed by atoms with Crippen molar-refractivity contribution < 1.29 is 5.11 Å². The summed E-state index contributed by atoms with van der Waals surface area (Å²) in [4.78, 5) is 2.55. The van der Waals surface area contributed by atoms with Gasteiger partial charge in [-0.1, -0.05) is 30.3 Å². The van der Waals surface area contributed by atoms with Crippen LogP contribution in [0.3, 0.4) is 0 Å². The molecule has 2 heterocycles. The summed E-state index contributed by atoms with van der Waals surface area (Å²) in [5.41, 5.74) is 0.954. The second-order valence-corrected chi connectivity index (χ2v) is 6.58. The number of benzene rings is 1. The molecule has 2 fully saturated rings. The van der Waals surface area contributed by atoms with Crippen molar-refractivity contribution in [2.24, 2.45) is 5.92 Å². The van der Waals surface area contributed by atoms with Crippen LogP contribution >= 0.6 is 0 Å². The van der Waals surface area contributed by atoms with E-state index < -0.39 is 5.60 Å². The average molecular weight is 274 g/mol. The van der Waals surface area contributed by atoms with Gasteiger partial charge >= 0.3 is 0 Å². The summed E-state index contributed by atoms with van der Waals surface area (Å²) >= 11 is 0. The molecule has 0 bridgehead atoms. The minimum atomic E-state index is -0.444. The van der Waals surface area contributed by atoms with Crippen molar-refractivity contribution in [2.45, 2.75) is 37.8 Å². The normalized spacial score (nSPS) is 31.6. The van der Waals surface area contributed by atoms with Crippen LogP contribution in [0, 0.1) is 5.92 Å². The molecule has 3 heteroatoms. The van der Waals surface area contributed by atoms with E-state index in [4.69, 9.17) is 0 Å². The minimum absolute atomic E-state index is 0.444. The number of aliphatic hydroxyl groups is 1. The number of nitrogens with zero attached hydrogens (tertiary/aromatic N) is 1. The summed E-state index contributed by atoms with van der Waals surface area (Å²) in [5, 5.41) is 13.8. The van der Waals surface area contributed by atoms with Crippen molar-refractivity contribution in [3.63, 3.8) is 0 Å². The maximum absolute atomic E-state index is 10.5. The fourth-order valence-electron chi connectivity index (χ4n) is 3.75. The summed E-state index contributed by atoms with van der Waals surface area (Å²) in [6, 6.07) is 10.7. The van der Waals surface area contributed by atoms with Crippen LogP contribution in [0.2, 0.25) is 0 Å². The summed E-state index contributed by atoms with van der Waals surface area (Å²) in [6.07, 6.45) is 4.42. The van der Waals surface area contributed by atoms with Gasteiger partial charge in [0.2, 0.25) is 0 Å². The van der Waals surface area contributed by atoms with Gasteiger partial charge < -0.3 is 10.4 Å². The van der Waals surface area contributed by atoms with E-state index >= 15 is 0 Å². The van der Waals surface area contributed by atoms with Gasteiger partial charge in [0, 0.05) is 19.6 Å². The van der Waals surface area contributed by atoms with E-state index in [9.17, 15) is 5.11 Å². The van der Waals surface area contributed by atoms with E-state index in [0.29, 0.717) is 5.92 Å². The summed E-state index contributed by atoms with van der Waals surface area (Å²) in [6.45, 7) is 5.13. The predicted molar refractivity (Wildman–Crippen MR) is 81.5 cm³/mol. The Morgan fingerprint density at radius 3 is 2.90 bits per heavy atom. The molecule has 2 aliphatic rings. The Morgan fingerprint density at radius 1 is 1.30 bits per heavy atom. The number of rotatable bonds is 4. The molecule has 3 rings (SSSR count). The lowest BCUT2D eigenvalue weighted by atomic mass is 9.85. The molecular weight excluding hydrogens is 248 g/mol. The molecule has 0 saturated carbocycles. The summed E-state index contributed by atoms with van der Waals surface area (Å²) in [7, 11) is 0. The van der Waals surface area contributed by atoms with Crippen molar-refractivity contribution in [3.8, 4) is 0 Å². The van der Waals surface area contributed by atoms with Crippen molar-refractivity contribution in [3.05, 3.63) is 35.9 Å². The van der Waals surface area contributed by atoms with Crippen LogP contribution in [-0.4, -0.2) is 41.8 Å². The van der Waals surface area contributed by atoms with Crippen LogP contribution in [0.1, 0.15) is 31.2 Å². The Labute approximate surface area is 122 Å². The number of likely N-dealkylation sites (tertiary alicyclic amines) is 1. The van der Waals surface area contributed by atoms with Crippen LogP contribution in [0.4, 0.5) is 0 Å². The number of hydrogen-bond acceptors (Lipinski definition) is 3. The Balaban J connectivity index is 1.54. The highest BCUT2D eigenvalue weighted by Crippen LogP contribution is 2.29. The molecule has 1 aromatic rings. The third-order valence-electron chi connectivity index (χ3n) is 4.74. The van der Waals surface area contributed by atoms with E-state index in [1.807, 2.05) is 0 Å². The zero-order chi connectivity index (χ0) is 13.8. The summed E-state index contributed by atoms with van der Waals surface area (Å²) in [5.74, 6) is 0.650. The minimum Gasteiger partial charge on any atom is -0.389 e. The first-order valence-corrected chi connectivity index (χ1v) is 7.93. The predicted octanol–water partition coefficient (Wildman–Crippen LogP) is 2.01. The number of β-amino-alcohol motifs (C(OH)–C–C–N with tert-alkyl or cyclic N) is 1. The Morgan fingerprint density at radius 2 is 2.15 bits per heavy atom. The molecule has 2 atom stereocenters. The lowest BCUT2D eigenvalue weighted by molar-refractivity contribution is 0.0184. The third-order valence-corrected chi connectivity index (χ3v) is 4.74. The second-order valence-electron chi connectivity index (χ2n) is 6.58. The molecule has 1 aromatic carbocycles. The van der Waals surface area contributed by atoms with Gasteiger partial charge in [-0.3, -0.25) is 4.90 Å². The van der Waals surface area contributed by atoms with E-state index in [-0.39, 0.29) is 0 Å². The van der Waals surface area contributed by atoms with E-state index in [1.165, 1.54) is 24.9 Å². The van der Waals surface area contributed by atoms with Crippen LogP contribution in [-0.2, 0) is 6.54 Å².